The van der Waals surface area contributed by atoms with E-state index < -0.39 is 10.5 Å². The molecule has 4 nitrogen and oxygen atoms in total. The lowest BCUT2D eigenvalue weighted by Gasteiger charge is -2.12. The molecule has 0 atom stereocenters. The van der Waals surface area contributed by atoms with Gasteiger partial charge in [-0.2, -0.15) is 0 Å². The third-order valence-corrected chi connectivity index (χ3v) is 0.709. The minimum Gasteiger partial charge on any atom is -0.345 e. The van der Waals surface area contributed by atoms with Gasteiger partial charge in [-0.25, -0.2) is 0 Å². The monoisotopic (exact) mass is 121 g/mol. The molecule has 0 fully saturated rings. The Morgan fingerprint density at radius 3 is 2.14 bits per heavy atom. The van der Waals surface area contributed by atoms with Crippen LogP contribution in [-0.2, 0) is 0 Å². The molecule has 0 amide bonds. The third-order valence-electron chi connectivity index (χ3n) is 0.236. The maximum absolute atomic E-state index is 8.68. The molecule has 0 aromatic heterocycles. The summed E-state index contributed by atoms with van der Waals surface area (Å²) in [5, 5.41) is 0. The van der Waals surface area contributed by atoms with Crippen molar-refractivity contribution in [3.05, 3.63) is 10.4 Å². The second-order valence-electron chi connectivity index (χ2n) is 1.39. The van der Waals surface area contributed by atoms with E-state index in [1.165, 1.54) is 12.5 Å². The fourth-order valence-electron chi connectivity index (χ4n) is 0.0894. The zero-order valence-electron chi connectivity index (χ0n) is 4.20. The molecule has 42 valence electrons. The molecule has 0 aromatic rings. The van der Waals surface area contributed by atoms with Crippen LogP contribution < -0.4 is 0 Å². The van der Waals surface area contributed by atoms with Crippen molar-refractivity contribution in [2.45, 2.75) is 0 Å². The zero-order valence-corrected chi connectivity index (χ0v) is 5.01. The summed E-state index contributed by atoms with van der Waals surface area (Å²) in [4.78, 5) is 2.42. The summed E-state index contributed by atoms with van der Waals surface area (Å²) in [7, 11) is -1.97. The molecule has 0 rings (SSSR count). The van der Waals surface area contributed by atoms with Crippen LogP contribution in [0.4, 0.5) is 0 Å². The number of azide groups is 1. The zero-order chi connectivity index (χ0) is 5.91. The summed E-state index contributed by atoms with van der Waals surface area (Å²) in [6.07, 6.45) is 2.99. The van der Waals surface area contributed by atoms with Gasteiger partial charge >= 0.3 is 0 Å². The van der Waals surface area contributed by atoms with Crippen LogP contribution in [0, 0.1) is 0 Å². The van der Waals surface area contributed by atoms with Crippen LogP contribution in [0.5, 0.6) is 0 Å². The van der Waals surface area contributed by atoms with Crippen molar-refractivity contribution in [2.24, 2.45) is 4.52 Å². The van der Waals surface area contributed by atoms with Gasteiger partial charge in [0.1, 0.15) is 0 Å². The van der Waals surface area contributed by atoms with E-state index in [-0.39, 0.29) is 0 Å². The van der Waals surface area contributed by atoms with Gasteiger partial charge in [-0.05, 0) is 22.6 Å². The minimum atomic E-state index is -1.97. The Hall–Kier alpha value is -0.380. The first-order valence-electron chi connectivity index (χ1n) is 1.58. The molecule has 7 heavy (non-hydrogen) atoms. The Morgan fingerprint density at radius 1 is 1.71 bits per heavy atom. The average molecular weight is 121 g/mol. The van der Waals surface area contributed by atoms with Gasteiger partial charge in [0.05, 0.1) is 0 Å². The van der Waals surface area contributed by atoms with Gasteiger partial charge in [0.25, 0.3) is 0 Å². The van der Waals surface area contributed by atoms with Crippen molar-refractivity contribution in [3.8, 4) is 0 Å². The van der Waals surface area contributed by atoms with Gasteiger partial charge in [0.2, 0.25) is 0 Å². The van der Waals surface area contributed by atoms with E-state index in [2.05, 4.69) is 9.43 Å². The molecule has 0 aromatic carbocycles. The van der Waals surface area contributed by atoms with Crippen molar-refractivity contribution in [3.63, 3.8) is 0 Å². The molecule has 0 saturated carbocycles. The first-order valence-corrected chi connectivity index (χ1v) is 3.94. The lowest BCUT2D eigenvalue weighted by Crippen LogP contribution is -1.82. The van der Waals surface area contributed by atoms with Crippen LogP contribution in [0.25, 0.3) is 10.4 Å². The summed E-state index contributed by atoms with van der Waals surface area (Å²) in [6.45, 7) is 0. The number of nitrogens with zero attached hydrogens (tertiary/aromatic N) is 3. The lowest BCUT2D eigenvalue weighted by atomic mass is 11.9. The second-order valence-corrected chi connectivity index (χ2v) is 3.99. The summed E-state index contributed by atoms with van der Waals surface area (Å²) < 4.78 is 11.8. The highest BCUT2D eigenvalue weighted by Crippen LogP contribution is 2.35. The topological polar surface area (TPSA) is 69.0 Å². The van der Waals surface area contributed by atoms with Crippen molar-refractivity contribution in [1.29, 1.82) is 0 Å². The highest BCUT2D eigenvalue weighted by molar-refractivity contribution is 8.26. The molecular weight excluding hydrogens is 114 g/mol. The highest BCUT2D eigenvalue weighted by Gasteiger charge is 1.97. The molecule has 0 aliphatic rings. The van der Waals surface area contributed by atoms with Gasteiger partial charge < -0.3 is 4.55 Å². The average Bonchev–Trinajstić information content (AvgIpc) is 1.30. The summed E-state index contributed by atoms with van der Waals surface area (Å²) in [5.41, 5.74) is 7.72. The van der Waals surface area contributed by atoms with Crippen molar-refractivity contribution in [2.75, 3.05) is 12.5 Å². The first kappa shape index (κ1) is 6.62. The maximum atomic E-state index is 8.68. The maximum Gasteiger partial charge on any atom is 0.0113 e. The number of rotatable bonds is 1. The lowest BCUT2D eigenvalue weighted by molar-refractivity contribution is 0.638. The first-order chi connectivity index (χ1) is 3.06. The Morgan fingerprint density at radius 2 is 2.14 bits per heavy atom. The normalized spacial score (nSPS) is 12.4. The molecule has 5 heteroatoms. The Balaban J connectivity index is 3.80. The van der Waals surface area contributed by atoms with Crippen molar-refractivity contribution in [1.82, 2.24) is 0 Å². The van der Waals surface area contributed by atoms with Crippen LogP contribution in [0.3, 0.4) is 0 Å². The van der Waals surface area contributed by atoms with Gasteiger partial charge in [0, 0.05) is 4.91 Å². The second kappa shape index (κ2) is 2.07. The number of hydrogen-bond donors (Lipinski definition) is 1. The quantitative estimate of drug-likeness (QED) is 0.320. The fraction of sp³-hybridized carbons (Fsp3) is 1.00. The van der Waals surface area contributed by atoms with E-state index in [9.17, 15) is 0 Å². The predicted octanol–water partition coefficient (Wildman–Crippen LogP) is 1.75. The van der Waals surface area contributed by atoms with E-state index in [4.69, 9.17) is 10.1 Å². The third kappa shape index (κ3) is 5.62. The van der Waals surface area contributed by atoms with E-state index in [1.807, 2.05) is 0 Å². The molecule has 0 unspecified atom stereocenters. The van der Waals surface area contributed by atoms with Gasteiger partial charge in [-0.15, -0.1) is 0 Å². The van der Waals surface area contributed by atoms with Crippen LogP contribution in [0.15, 0.2) is 4.52 Å². The van der Waals surface area contributed by atoms with E-state index in [1.54, 1.807) is 0 Å². The molecule has 0 spiro atoms. The molecule has 0 bridgehead atoms. The molecule has 0 aliphatic carbocycles. The molecular formula is C2H7N3OS. The summed E-state index contributed by atoms with van der Waals surface area (Å²) >= 11 is 0. The van der Waals surface area contributed by atoms with Crippen LogP contribution >= 0.6 is 10.5 Å². The Bertz CT molecular complexity index is 100.0. The fourth-order valence-corrected chi connectivity index (χ4v) is 0.268. The van der Waals surface area contributed by atoms with Gasteiger partial charge in [-0.1, -0.05) is 10.5 Å². The summed E-state index contributed by atoms with van der Waals surface area (Å²) in [6, 6.07) is 0. The Labute approximate surface area is 43.4 Å². The standard InChI is InChI=1S/C2H7N3OS/c1-7(2,6)5-4-3/h6H,1-2H3. The Kier molecular flexibility index (Phi) is 1.95. The largest absolute Gasteiger partial charge is 0.345 e. The van der Waals surface area contributed by atoms with Crippen LogP contribution in [-0.4, -0.2) is 17.1 Å². The van der Waals surface area contributed by atoms with E-state index in [0.717, 1.165) is 0 Å². The molecule has 0 radical (unpaired) electrons. The van der Waals surface area contributed by atoms with Crippen LogP contribution in [0.2, 0.25) is 0 Å². The molecule has 0 heterocycles. The predicted molar refractivity (Wildman–Crippen MR) is 31.2 cm³/mol. The smallest absolute Gasteiger partial charge is 0.0113 e. The molecule has 0 saturated heterocycles. The van der Waals surface area contributed by atoms with E-state index in [0.29, 0.717) is 0 Å². The van der Waals surface area contributed by atoms with Crippen molar-refractivity contribution < 1.29 is 4.55 Å². The van der Waals surface area contributed by atoms with Crippen molar-refractivity contribution >= 4 is 10.5 Å². The minimum absolute atomic E-state index is 1.49. The van der Waals surface area contributed by atoms with Gasteiger partial charge in [0.15, 0.2) is 0 Å². The van der Waals surface area contributed by atoms with Crippen LogP contribution in [0.1, 0.15) is 0 Å². The molecule has 0 aliphatic heterocycles. The van der Waals surface area contributed by atoms with Gasteiger partial charge in [-0.3, -0.25) is 0 Å². The SMILES string of the molecule is CS(C)(O)N=[N+]=[N-]. The molecule has 1 N–H and O–H groups in total. The summed E-state index contributed by atoms with van der Waals surface area (Å²) in [5.74, 6) is 0. The van der Waals surface area contributed by atoms with E-state index >= 15 is 0 Å². The number of hydrogen-bond acceptors (Lipinski definition) is 2. The highest BCUT2D eigenvalue weighted by atomic mass is 32.3.